The summed E-state index contributed by atoms with van der Waals surface area (Å²) in [5.41, 5.74) is 9.87. The van der Waals surface area contributed by atoms with E-state index in [1.807, 2.05) is 55.5 Å². The zero-order valence-corrected chi connectivity index (χ0v) is 18.2. The second kappa shape index (κ2) is 7.95. The highest BCUT2D eigenvalue weighted by Gasteiger charge is 2.07. The molecular formula is C28H22N4O. The van der Waals surface area contributed by atoms with Gasteiger partial charge in [-0.25, -0.2) is 9.97 Å². The van der Waals surface area contributed by atoms with Crippen LogP contribution in [0.25, 0.3) is 57.5 Å². The van der Waals surface area contributed by atoms with Crippen LogP contribution in [0, 0.1) is 0 Å². The summed E-state index contributed by atoms with van der Waals surface area (Å²) < 4.78 is 5.61. The van der Waals surface area contributed by atoms with E-state index in [4.69, 9.17) is 14.7 Å². The Kier molecular flexibility index (Phi) is 4.65. The lowest BCUT2D eigenvalue weighted by atomic mass is 10.1. The van der Waals surface area contributed by atoms with Gasteiger partial charge < -0.3 is 14.7 Å². The van der Waals surface area contributed by atoms with Crippen LogP contribution in [0.5, 0.6) is 5.75 Å². The zero-order chi connectivity index (χ0) is 22.2. The van der Waals surface area contributed by atoms with Crippen molar-refractivity contribution >= 4 is 46.4 Å². The molecule has 33 heavy (non-hydrogen) atoms. The highest BCUT2D eigenvalue weighted by Crippen LogP contribution is 2.29. The lowest BCUT2D eigenvalue weighted by Gasteiger charge is -2.04. The first-order valence-electron chi connectivity index (χ1n) is 11.0. The number of hydrogen-bond acceptors (Lipinski definition) is 3. The number of nitrogens with one attached hydrogen (secondary N) is 2. The largest absolute Gasteiger partial charge is 0.494 e. The molecule has 0 aliphatic carbocycles. The minimum absolute atomic E-state index is 0.652. The van der Waals surface area contributed by atoms with Crippen LogP contribution in [0.3, 0.4) is 0 Å². The van der Waals surface area contributed by atoms with Crippen molar-refractivity contribution in [2.75, 3.05) is 6.61 Å². The average Bonchev–Trinajstić information content (AvgIpc) is 3.60. The first kappa shape index (κ1) is 19.3. The summed E-state index contributed by atoms with van der Waals surface area (Å²) in [6.07, 6.45) is 8.13. The number of aromatic amines is 2. The molecule has 5 nitrogen and oxygen atoms in total. The van der Waals surface area contributed by atoms with Crippen LogP contribution in [-0.2, 0) is 0 Å². The number of rotatable bonds is 3. The number of benzene rings is 1. The van der Waals surface area contributed by atoms with Crippen molar-refractivity contribution in [2.24, 2.45) is 0 Å². The van der Waals surface area contributed by atoms with Gasteiger partial charge >= 0.3 is 0 Å². The molecule has 0 unspecified atom stereocenters. The Morgan fingerprint density at radius 2 is 1.21 bits per heavy atom. The Morgan fingerprint density at radius 3 is 1.82 bits per heavy atom. The van der Waals surface area contributed by atoms with Crippen LogP contribution < -0.4 is 4.74 Å². The molecule has 2 aliphatic rings. The molecule has 160 valence electrons. The van der Waals surface area contributed by atoms with E-state index in [0.717, 1.165) is 61.7 Å². The van der Waals surface area contributed by atoms with Crippen molar-refractivity contribution in [1.82, 2.24) is 19.9 Å². The standard InChI is InChI=1S/C28H22N4O/c1-2-33-26-11-3-18(4-12-26)27-16-25-15-23-8-7-21(30-23)13-19-5-6-20(29-19)14-22-9-10-24(31-22)17-28(27)32-25/h3-17,29,32H,2H2,1H3. The van der Waals surface area contributed by atoms with Gasteiger partial charge in [-0.05, 0) is 91.4 Å². The van der Waals surface area contributed by atoms with E-state index >= 15 is 0 Å². The van der Waals surface area contributed by atoms with Crippen molar-refractivity contribution in [1.29, 1.82) is 0 Å². The summed E-state index contributed by atoms with van der Waals surface area (Å²) in [5.74, 6) is 0.870. The van der Waals surface area contributed by atoms with Crippen molar-refractivity contribution in [3.63, 3.8) is 0 Å². The molecule has 0 saturated carbocycles. The van der Waals surface area contributed by atoms with Crippen LogP contribution in [-0.4, -0.2) is 26.5 Å². The van der Waals surface area contributed by atoms with Crippen LogP contribution in [0.1, 0.15) is 29.7 Å². The van der Waals surface area contributed by atoms with E-state index in [1.165, 1.54) is 0 Å². The normalized spacial score (nSPS) is 12.3. The fourth-order valence-electron chi connectivity index (χ4n) is 4.15. The van der Waals surface area contributed by atoms with E-state index < -0.39 is 0 Å². The second-order valence-corrected chi connectivity index (χ2v) is 8.05. The van der Waals surface area contributed by atoms with Gasteiger partial charge in [-0.1, -0.05) is 12.1 Å². The van der Waals surface area contributed by atoms with Crippen molar-refractivity contribution < 1.29 is 4.74 Å². The molecule has 0 spiro atoms. The quantitative estimate of drug-likeness (QED) is 0.327. The fraction of sp³-hybridized carbons (Fsp3) is 0.0714. The highest BCUT2D eigenvalue weighted by atomic mass is 16.5. The molecule has 0 amide bonds. The molecule has 0 fully saturated rings. The molecule has 3 aromatic heterocycles. The van der Waals surface area contributed by atoms with Gasteiger partial charge in [0.25, 0.3) is 0 Å². The highest BCUT2D eigenvalue weighted by molar-refractivity contribution is 5.88. The third-order valence-corrected chi connectivity index (χ3v) is 5.64. The van der Waals surface area contributed by atoms with Gasteiger partial charge in [-0.15, -0.1) is 0 Å². The van der Waals surface area contributed by atoms with Gasteiger partial charge in [-0.2, -0.15) is 0 Å². The summed E-state index contributed by atoms with van der Waals surface area (Å²) in [5, 5.41) is 0. The van der Waals surface area contributed by atoms with Crippen LogP contribution in [0.15, 0.2) is 66.7 Å². The second-order valence-electron chi connectivity index (χ2n) is 8.05. The van der Waals surface area contributed by atoms with Gasteiger partial charge in [-0.3, -0.25) is 0 Å². The molecule has 2 aliphatic heterocycles. The number of H-pyrrole nitrogens is 2. The molecule has 6 rings (SSSR count). The molecule has 5 heterocycles. The van der Waals surface area contributed by atoms with Gasteiger partial charge in [0.1, 0.15) is 5.75 Å². The van der Waals surface area contributed by atoms with Crippen molar-refractivity contribution in [3.05, 3.63) is 89.5 Å². The number of ether oxygens (including phenoxy) is 1. The molecule has 5 heteroatoms. The Morgan fingerprint density at radius 1 is 0.636 bits per heavy atom. The van der Waals surface area contributed by atoms with E-state index in [0.29, 0.717) is 6.61 Å². The molecule has 0 radical (unpaired) electrons. The Bertz CT molecular complexity index is 1570. The molecular weight excluding hydrogens is 408 g/mol. The summed E-state index contributed by atoms with van der Waals surface area (Å²) in [4.78, 5) is 16.5. The number of hydrogen-bond donors (Lipinski definition) is 2. The summed E-state index contributed by atoms with van der Waals surface area (Å²) in [6, 6.07) is 22.7. The Labute approximate surface area is 191 Å². The Hall–Kier alpha value is -4.38. The smallest absolute Gasteiger partial charge is 0.119 e. The minimum atomic E-state index is 0.652. The molecule has 4 aromatic rings. The lowest BCUT2D eigenvalue weighted by Crippen LogP contribution is -1.90. The maximum atomic E-state index is 5.61. The van der Waals surface area contributed by atoms with Crippen molar-refractivity contribution in [2.45, 2.75) is 6.92 Å². The summed E-state index contributed by atoms with van der Waals surface area (Å²) >= 11 is 0. The van der Waals surface area contributed by atoms with Gasteiger partial charge in [0.05, 0.1) is 29.4 Å². The minimum Gasteiger partial charge on any atom is -0.494 e. The van der Waals surface area contributed by atoms with E-state index in [2.05, 4.69) is 52.4 Å². The predicted octanol–water partition coefficient (Wildman–Crippen LogP) is 6.72. The fourth-order valence-corrected chi connectivity index (χ4v) is 4.15. The maximum absolute atomic E-state index is 5.61. The van der Waals surface area contributed by atoms with E-state index in [-0.39, 0.29) is 0 Å². The van der Waals surface area contributed by atoms with E-state index in [1.54, 1.807) is 0 Å². The predicted molar refractivity (Wildman–Crippen MR) is 135 cm³/mol. The third-order valence-electron chi connectivity index (χ3n) is 5.64. The third kappa shape index (κ3) is 3.96. The van der Waals surface area contributed by atoms with Crippen molar-refractivity contribution in [3.8, 4) is 16.9 Å². The molecule has 1 aromatic carbocycles. The molecule has 0 atom stereocenters. The summed E-state index contributed by atoms with van der Waals surface area (Å²) in [6.45, 7) is 2.64. The molecule has 2 N–H and O–H groups in total. The number of aromatic nitrogens is 4. The SMILES string of the molecule is CCOc1ccc(-c2cc3cc4nc(cc5ccc(cc6nc(cc2[nH]3)C=C6)[nH]5)C=C4)cc1. The first-order chi connectivity index (χ1) is 16.2. The maximum Gasteiger partial charge on any atom is 0.119 e. The molecule has 0 saturated heterocycles. The van der Waals surface area contributed by atoms with Crippen LogP contribution in [0.2, 0.25) is 0 Å². The molecule has 8 bridgehead atoms. The lowest BCUT2D eigenvalue weighted by molar-refractivity contribution is 0.340. The topological polar surface area (TPSA) is 66.6 Å². The summed E-state index contributed by atoms with van der Waals surface area (Å²) in [7, 11) is 0. The zero-order valence-electron chi connectivity index (χ0n) is 18.2. The van der Waals surface area contributed by atoms with Gasteiger partial charge in [0.15, 0.2) is 0 Å². The first-order valence-corrected chi connectivity index (χ1v) is 11.0. The number of nitrogens with zero attached hydrogens (tertiary/aromatic N) is 2. The monoisotopic (exact) mass is 430 g/mol. The van der Waals surface area contributed by atoms with Crippen LogP contribution in [0.4, 0.5) is 0 Å². The van der Waals surface area contributed by atoms with Crippen LogP contribution >= 0.6 is 0 Å². The van der Waals surface area contributed by atoms with Gasteiger partial charge in [0.2, 0.25) is 0 Å². The number of fused-ring (bicyclic) bond motifs is 8. The van der Waals surface area contributed by atoms with E-state index in [9.17, 15) is 0 Å². The Balaban J connectivity index is 1.60. The van der Waals surface area contributed by atoms with Gasteiger partial charge in [0, 0.05) is 27.6 Å². The average molecular weight is 431 g/mol.